The molecule has 2 rings (SSSR count). The first-order valence-corrected chi connectivity index (χ1v) is 7.10. The molecule has 1 nitrogen and oxygen atoms in total. The van der Waals surface area contributed by atoms with Crippen LogP contribution in [0.1, 0.15) is 17.7 Å². The zero-order valence-electron chi connectivity index (χ0n) is 9.56. The fourth-order valence-electron chi connectivity index (χ4n) is 1.55. The first-order valence-electron chi connectivity index (χ1n) is 5.43. The van der Waals surface area contributed by atoms with Gasteiger partial charge in [0.05, 0.1) is 0 Å². The van der Waals surface area contributed by atoms with Crippen LogP contribution in [0.25, 0.3) is 0 Å². The zero-order chi connectivity index (χ0) is 12.3. The van der Waals surface area contributed by atoms with Crippen LogP contribution in [0.2, 0.25) is 0 Å². The molecule has 0 aromatic heterocycles. The van der Waals surface area contributed by atoms with Crippen molar-refractivity contribution >= 4 is 33.4 Å². The third kappa shape index (κ3) is 3.51. The van der Waals surface area contributed by atoms with Crippen molar-refractivity contribution in [2.75, 3.05) is 5.73 Å². The molecule has 2 N–H and O–H groups in total. The van der Waals surface area contributed by atoms with E-state index in [-0.39, 0.29) is 0 Å². The van der Waals surface area contributed by atoms with Crippen LogP contribution in [0.15, 0.2) is 57.9 Å². The van der Waals surface area contributed by atoms with E-state index in [9.17, 15) is 0 Å². The van der Waals surface area contributed by atoms with Gasteiger partial charge in [-0.3, -0.25) is 0 Å². The maximum atomic E-state index is 5.68. The molecular formula is C14H14BrNS. The lowest BCUT2D eigenvalue weighted by Crippen LogP contribution is -1.90. The van der Waals surface area contributed by atoms with E-state index in [4.69, 9.17) is 5.73 Å². The van der Waals surface area contributed by atoms with Gasteiger partial charge in [-0.05, 0) is 48.9 Å². The van der Waals surface area contributed by atoms with Crippen LogP contribution in [0.3, 0.4) is 0 Å². The van der Waals surface area contributed by atoms with Gasteiger partial charge < -0.3 is 5.73 Å². The Balaban J connectivity index is 2.08. The quantitative estimate of drug-likeness (QED) is 0.645. The molecule has 0 radical (unpaired) electrons. The SMILES string of the molecule is CC(Sc1ccc(Br)cc1)c1ccc(N)cc1. The Morgan fingerprint density at radius 2 is 1.59 bits per heavy atom. The largest absolute Gasteiger partial charge is 0.399 e. The molecule has 0 saturated carbocycles. The van der Waals surface area contributed by atoms with Crippen LogP contribution in [0.5, 0.6) is 0 Å². The number of hydrogen-bond donors (Lipinski definition) is 1. The van der Waals surface area contributed by atoms with Crippen molar-refractivity contribution in [3.8, 4) is 0 Å². The van der Waals surface area contributed by atoms with Gasteiger partial charge in [-0.1, -0.05) is 28.1 Å². The van der Waals surface area contributed by atoms with Crippen molar-refractivity contribution in [3.63, 3.8) is 0 Å². The number of halogens is 1. The van der Waals surface area contributed by atoms with E-state index in [1.54, 1.807) is 0 Å². The van der Waals surface area contributed by atoms with E-state index in [1.165, 1.54) is 10.5 Å². The number of hydrogen-bond acceptors (Lipinski definition) is 2. The maximum Gasteiger partial charge on any atom is 0.0316 e. The summed E-state index contributed by atoms with van der Waals surface area (Å²) in [5.41, 5.74) is 7.80. The molecule has 0 bridgehead atoms. The van der Waals surface area contributed by atoms with E-state index in [0.29, 0.717) is 5.25 Å². The van der Waals surface area contributed by atoms with Crippen molar-refractivity contribution in [3.05, 3.63) is 58.6 Å². The topological polar surface area (TPSA) is 26.0 Å². The second kappa shape index (κ2) is 5.61. The summed E-state index contributed by atoms with van der Waals surface area (Å²) in [6, 6.07) is 16.5. The minimum Gasteiger partial charge on any atom is -0.399 e. The lowest BCUT2D eigenvalue weighted by Gasteiger charge is -2.11. The van der Waals surface area contributed by atoms with Crippen LogP contribution in [0, 0.1) is 0 Å². The predicted octanol–water partition coefficient (Wildman–Crippen LogP) is 4.88. The smallest absolute Gasteiger partial charge is 0.0316 e. The number of nitrogen functional groups attached to an aromatic ring is 1. The third-order valence-electron chi connectivity index (χ3n) is 2.53. The monoisotopic (exact) mass is 307 g/mol. The van der Waals surface area contributed by atoms with Gasteiger partial charge in [-0.25, -0.2) is 0 Å². The highest BCUT2D eigenvalue weighted by molar-refractivity contribution is 9.10. The van der Waals surface area contributed by atoms with Gasteiger partial charge >= 0.3 is 0 Å². The van der Waals surface area contributed by atoms with Gasteiger partial charge in [0, 0.05) is 20.3 Å². The average Bonchev–Trinajstić information content (AvgIpc) is 2.33. The molecule has 2 aromatic carbocycles. The number of anilines is 1. The molecule has 0 spiro atoms. The van der Waals surface area contributed by atoms with Crippen LogP contribution < -0.4 is 5.73 Å². The Bertz CT molecular complexity index is 479. The normalized spacial score (nSPS) is 12.4. The van der Waals surface area contributed by atoms with E-state index in [2.05, 4.69) is 59.3 Å². The lowest BCUT2D eigenvalue weighted by molar-refractivity contribution is 1.10. The van der Waals surface area contributed by atoms with Gasteiger partial charge in [-0.15, -0.1) is 11.8 Å². The van der Waals surface area contributed by atoms with Crippen molar-refractivity contribution in [2.45, 2.75) is 17.1 Å². The number of thioether (sulfide) groups is 1. The molecule has 0 aliphatic rings. The summed E-state index contributed by atoms with van der Waals surface area (Å²) in [7, 11) is 0. The third-order valence-corrected chi connectivity index (χ3v) is 4.23. The second-order valence-corrected chi connectivity index (χ2v) is 6.21. The molecule has 0 aliphatic carbocycles. The molecular weight excluding hydrogens is 294 g/mol. The molecule has 3 heteroatoms. The summed E-state index contributed by atoms with van der Waals surface area (Å²) in [5.74, 6) is 0. The Morgan fingerprint density at radius 1 is 1.00 bits per heavy atom. The van der Waals surface area contributed by atoms with Crippen molar-refractivity contribution in [1.82, 2.24) is 0 Å². The average molecular weight is 308 g/mol. The van der Waals surface area contributed by atoms with E-state index < -0.39 is 0 Å². The molecule has 2 aromatic rings. The molecule has 0 heterocycles. The highest BCUT2D eigenvalue weighted by Crippen LogP contribution is 2.35. The minimum atomic E-state index is 0.428. The summed E-state index contributed by atoms with van der Waals surface area (Å²) in [6.45, 7) is 2.21. The number of rotatable bonds is 3. The fourth-order valence-corrected chi connectivity index (χ4v) is 2.81. The Morgan fingerprint density at radius 3 is 2.18 bits per heavy atom. The Hall–Kier alpha value is -0.930. The molecule has 0 saturated heterocycles. The van der Waals surface area contributed by atoms with Gasteiger partial charge in [0.25, 0.3) is 0 Å². The summed E-state index contributed by atoms with van der Waals surface area (Å²) >= 11 is 5.29. The van der Waals surface area contributed by atoms with Crippen LogP contribution in [0.4, 0.5) is 5.69 Å². The summed E-state index contributed by atoms with van der Waals surface area (Å²) < 4.78 is 1.11. The predicted molar refractivity (Wildman–Crippen MR) is 79.3 cm³/mol. The Labute approximate surface area is 115 Å². The van der Waals surface area contributed by atoms with E-state index in [1.807, 2.05) is 23.9 Å². The molecule has 88 valence electrons. The first-order chi connectivity index (χ1) is 8.15. The first kappa shape index (κ1) is 12.5. The molecule has 0 amide bonds. The summed E-state index contributed by atoms with van der Waals surface area (Å²) in [4.78, 5) is 1.28. The fraction of sp³-hybridized carbons (Fsp3) is 0.143. The van der Waals surface area contributed by atoms with Gasteiger partial charge in [-0.2, -0.15) is 0 Å². The molecule has 17 heavy (non-hydrogen) atoms. The summed E-state index contributed by atoms with van der Waals surface area (Å²) in [6.07, 6.45) is 0. The highest BCUT2D eigenvalue weighted by atomic mass is 79.9. The molecule has 0 fully saturated rings. The number of benzene rings is 2. The van der Waals surface area contributed by atoms with Crippen LogP contribution in [-0.2, 0) is 0 Å². The Kier molecular flexibility index (Phi) is 4.13. The van der Waals surface area contributed by atoms with Gasteiger partial charge in [0.15, 0.2) is 0 Å². The second-order valence-electron chi connectivity index (χ2n) is 3.88. The van der Waals surface area contributed by atoms with Crippen LogP contribution in [-0.4, -0.2) is 0 Å². The van der Waals surface area contributed by atoms with Crippen LogP contribution >= 0.6 is 27.7 Å². The maximum absolute atomic E-state index is 5.68. The highest BCUT2D eigenvalue weighted by Gasteiger charge is 2.06. The lowest BCUT2D eigenvalue weighted by atomic mass is 10.1. The van der Waals surface area contributed by atoms with Gasteiger partial charge in [0.1, 0.15) is 0 Å². The number of nitrogens with two attached hydrogens (primary N) is 1. The molecule has 0 aliphatic heterocycles. The van der Waals surface area contributed by atoms with E-state index >= 15 is 0 Å². The van der Waals surface area contributed by atoms with Crippen molar-refractivity contribution in [2.24, 2.45) is 0 Å². The van der Waals surface area contributed by atoms with Gasteiger partial charge in [0.2, 0.25) is 0 Å². The van der Waals surface area contributed by atoms with Crippen molar-refractivity contribution in [1.29, 1.82) is 0 Å². The minimum absolute atomic E-state index is 0.428. The molecule has 1 unspecified atom stereocenters. The standard InChI is InChI=1S/C14H14BrNS/c1-10(11-2-6-13(16)7-3-11)17-14-8-4-12(15)5-9-14/h2-10H,16H2,1H3. The zero-order valence-corrected chi connectivity index (χ0v) is 12.0. The summed E-state index contributed by atoms with van der Waals surface area (Å²) in [5, 5.41) is 0.428. The molecule has 1 atom stereocenters. The van der Waals surface area contributed by atoms with Crippen molar-refractivity contribution < 1.29 is 0 Å². The van der Waals surface area contributed by atoms with E-state index in [0.717, 1.165) is 10.2 Å².